The second-order valence-electron chi connectivity index (χ2n) is 2.86. The Morgan fingerprint density at radius 2 is 2.31 bits per heavy atom. The van der Waals surface area contributed by atoms with Gasteiger partial charge in [-0.2, -0.15) is 0 Å². The van der Waals surface area contributed by atoms with Crippen molar-refractivity contribution in [3.05, 3.63) is 15.6 Å². The van der Waals surface area contributed by atoms with Gasteiger partial charge in [0.1, 0.15) is 0 Å². The van der Waals surface area contributed by atoms with Crippen LogP contribution in [0.3, 0.4) is 0 Å². The second-order valence-corrected chi connectivity index (χ2v) is 4.03. The Morgan fingerprint density at radius 3 is 2.85 bits per heavy atom. The zero-order chi connectivity index (χ0) is 9.68. The monoisotopic (exact) mass is 200 g/mol. The van der Waals surface area contributed by atoms with Gasteiger partial charge in [-0.15, -0.1) is 11.3 Å². The van der Waals surface area contributed by atoms with Crippen molar-refractivity contribution >= 4 is 11.3 Å². The number of nitrogens with zero attached hydrogens (tertiary/aromatic N) is 1. The molecule has 4 heteroatoms. The number of ether oxygens (including phenoxy) is 1. The molecule has 0 aliphatic heterocycles. The van der Waals surface area contributed by atoms with Crippen LogP contribution in [0.1, 0.15) is 28.9 Å². The van der Waals surface area contributed by atoms with Gasteiger partial charge >= 0.3 is 0 Å². The number of aromatic nitrogens is 1. The molecule has 3 nitrogen and oxygen atoms in total. The van der Waals surface area contributed by atoms with Crippen molar-refractivity contribution in [1.29, 1.82) is 0 Å². The molecule has 0 aromatic carbocycles. The van der Waals surface area contributed by atoms with E-state index in [-0.39, 0.29) is 0 Å². The van der Waals surface area contributed by atoms with Crippen LogP contribution >= 0.6 is 11.3 Å². The summed E-state index contributed by atoms with van der Waals surface area (Å²) in [5, 5.41) is 1.18. The maximum atomic E-state index is 5.61. The van der Waals surface area contributed by atoms with Crippen molar-refractivity contribution in [2.45, 2.75) is 32.9 Å². The molecule has 1 aromatic heterocycles. The topological polar surface area (TPSA) is 48.1 Å². The van der Waals surface area contributed by atoms with E-state index in [0.29, 0.717) is 13.2 Å². The minimum Gasteiger partial charge on any atom is -0.378 e. The van der Waals surface area contributed by atoms with Crippen LogP contribution in [0.2, 0.25) is 0 Å². The van der Waals surface area contributed by atoms with Gasteiger partial charge in [-0.05, 0) is 12.8 Å². The molecule has 13 heavy (non-hydrogen) atoms. The highest BCUT2D eigenvalue weighted by molar-refractivity contribution is 7.11. The van der Waals surface area contributed by atoms with E-state index < -0.39 is 0 Å². The van der Waals surface area contributed by atoms with Gasteiger partial charge < -0.3 is 10.5 Å². The van der Waals surface area contributed by atoms with Crippen LogP contribution in [0.5, 0.6) is 0 Å². The van der Waals surface area contributed by atoms with Gasteiger partial charge in [0.15, 0.2) is 0 Å². The number of hydrogen-bond donors (Lipinski definition) is 1. The minimum absolute atomic E-state index is 0.570. The third-order valence-corrected chi connectivity index (χ3v) is 2.93. The van der Waals surface area contributed by atoms with Gasteiger partial charge in [-0.1, -0.05) is 6.92 Å². The van der Waals surface area contributed by atoms with Gasteiger partial charge in [0, 0.05) is 18.5 Å². The largest absolute Gasteiger partial charge is 0.378 e. The zero-order valence-corrected chi connectivity index (χ0v) is 8.99. The van der Waals surface area contributed by atoms with E-state index in [1.54, 1.807) is 18.4 Å². The quantitative estimate of drug-likeness (QED) is 0.787. The molecular formula is C9H16N2OS. The smallest absolute Gasteiger partial charge is 0.0932 e. The molecule has 0 unspecified atom stereocenters. The lowest BCUT2D eigenvalue weighted by Gasteiger charge is -1.95. The summed E-state index contributed by atoms with van der Waals surface area (Å²) < 4.78 is 5.05. The van der Waals surface area contributed by atoms with Crippen LogP contribution in [-0.4, -0.2) is 12.1 Å². The van der Waals surface area contributed by atoms with Gasteiger partial charge in [-0.3, -0.25) is 0 Å². The van der Waals surface area contributed by atoms with Gasteiger partial charge in [-0.25, -0.2) is 4.98 Å². The first kappa shape index (κ1) is 10.6. The normalized spacial score (nSPS) is 10.7. The summed E-state index contributed by atoms with van der Waals surface area (Å²) in [4.78, 5) is 5.63. The van der Waals surface area contributed by atoms with Crippen molar-refractivity contribution in [3.63, 3.8) is 0 Å². The molecule has 0 spiro atoms. The molecule has 0 bridgehead atoms. The molecule has 0 saturated carbocycles. The highest BCUT2D eigenvalue weighted by atomic mass is 32.1. The van der Waals surface area contributed by atoms with E-state index in [2.05, 4.69) is 11.9 Å². The first-order valence-electron chi connectivity index (χ1n) is 4.48. The van der Waals surface area contributed by atoms with Crippen LogP contribution in [0, 0.1) is 0 Å². The first-order chi connectivity index (χ1) is 6.31. The fourth-order valence-corrected chi connectivity index (χ4v) is 2.22. The van der Waals surface area contributed by atoms with Crippen LogP contribution in [0.25, 0.3) is 0 Å². The summed E-state index contributed by atoms with van der Waals surface area (Å²) in [6.07, 6.45) is 2.17. The predicted molar refractivity (Wildman–Crippen MR) is 54.7 cm³/mol. The number of nitrogens with two attached hydrogens (primary N) is 1. The zero-order valence-electron chi connectivity index (χ0n) is 8.17. The Balaban J connectivity index is 2.77. The summed E-state index contributed by atoms with van der Waals surface area (Å²) in [6, 6.07) is 0. The summed E-state index contributed by atoms with van der Waals surface area (Å²) in [5.41, 5.74) is 6.62. The number of aryl methyl sites for hydroxylation is 1. The Bertz CT molecular complexity index is 260. The Labute approximate surface area is 82.9 Å². The maximum Gasteiger partial charge on any atom is 0.0932 e. The number of hydrogen-bond acceptors (Lipinski definition) is 4. The number of rotatable bonds is 5. The van der Waals surface area contributed by atoms with E-state index in [4.69, 9.17) is 10.5 Å². The van der Waals surface area contributed by atoms with Gasteiger partial charge in [0.2, 0.25) is 0 Å². The molecular weight excluding hydrogens is 184 g/mol. The SMILES string of the molecule is CCCc1nc(COC)c(CN)s1. The average Bonchev–Trinajstić information content (AvgIpc) is 2.49. The fourth-order valence-electron chi connectivity index (χ4n) is 1.17. The lowest BCUT2D eigenvalue weighted by atomic mass is 10.3. The van der Waals surface area contributed by atoms with Crippen LogP contribution in [-0.2, 0) is 24.3 Å². The maximum absolute atomic E-state index is 5.61. The molecule has 0 fully saturated rings. The van der Waals surface area contributed by atoms with E-state index in [1.165, 1.54) is 5.01 Å². The number of thiazole rings is 1. The summed E-state index contributed by atoms with van der Waals surface area (Å²) in [6.45, 7) is 3.30. The van der Waals surface area contributed by atoms with Crippen molar-refractivity contribution in [2.24, 2.45) is 5.73 Å². The van der Waals surface area contributed by atoms with Crippen LogP contribution < -0.4 is 5.73 Å². The third-order valence-electron chi connectivity index (χ3n) is 1.75. The van der Waals surface area contributed by atoms with E-state index in [9.17, 15) is 0 Å². The molecule has 1 heterocycles. The lowest BCUT2D eigenvalue weighted by molar-refractivity contribution is 0.181. The predicted octanol–water partition coefficient (Wildman–Crippen LogP) is 1.70. The molecule has 0 radical (unpaired) electrons. The van der Waals surface area contributed by atoms with Crippen LogP contribution in [0.4, 0.5) is 0 Å². The third kappa shape index (κ3) is 2.76. The lowest BCUT2D eigenvalue weighted by Crippen LogP contribution is -1.99. The fraction of sp³-hybridized carbons (Fsp3) is 0.667. The molecule has 0 aliphatic carbocycles. The van der Waals surface area contributed by atoms with Gasteiger partial charge in [0.05, 0.1) is 17.3 Å². The molecule has 74 valence electrons. The second kappa shape index (κ2) is 5.32. The Hall–Kier alpha value is -0.450. The highest BCUT2D eigenvalue weighted by Crippen LogP contribution is 2.19. The molecule has 0 atom stereocenters. The summed E-state index contributed by atoms with van der Waals surface area (Å²) in [7, 11) is 1.68. The van der Waals surface area contributed by atoms with E-state index in [1.807, 2.05) is 0 Å². The molecule has 0 saturated heterocycles. The van der Waals surface area contributed by atoms with Gasteiger partial charge in [0.25, 0.3) is 0 Å². The molecule has 2 N–H and O–H groups in total. The Kier molecular flexibility index (Phi) is 4.35. The van der Waals surface area contributed by atoms with Crippen molar-refractivity contribution in [1.82, 2.24) is 4.98 Å². The molecule has 1 rings (SSSR count). The first-order valence-corrected chi connectivity index (χ1v) is 5.29. The standard InChI is InChI=1S/C9H16N2OS/c1-3-4-9-11-7(6-12-2)8(5-10)13-9/h3-6,10H2,1-2H3. The molecule has 0 aliphatic rings. The van der Waals surface area contributed by atoms with Crippen LogP contribution in [0.15, 0.2) is 0 Å². The summed E-state index contributed by atoms with van der Waals surface area (Å²) >= 11 is 1.71. The van der Waals surface area contributed by atoms with Crippen molar-refractivity contribution in [3.8, 4) is 0 Å². The molecule has 0 amide bonds. The van der Waals surface area contributed by atoms with Crippen molar-refractivity contribution < 1.29 is 4.74 Å². The Morgan fingerprint density at radius 1 is 1.54 bits per heavy atom. The van der Waals surface area contributed by atoms with E-state index in [0.717, 1.165) is 23.4 Å². The number of methoxy groups -OCH3 is 1. The average molecular weight is 200 g/mol. The molecule has 1 aromatic rings. The van der Waals surface area contributed by atoms with E-state index >= 15 is 0 Å². The minimum atomic E-state index is 0.570. The highest BCUT2D eigenvalue weighted by Gasteiger charge is 2.08. The summed E-state index contributed by atoms with van der Waals surface area (Å²) in [5.74, 6) is 0. The van der Waals surface area contributed by atoms with Crippen molar-refractivity contribution in [2.75, 3.05) is 7.11 Å².